The Bertz CT molecular complexity index is 1810. The molecule has 0 spiro atoms. The Morgan fingerprint density at radius 2 is 1.19 bits per heavy atom. The second kappa shape index (κ2) is 12.7. The molecule has 6 rings (SSSR count). The maximum atomic E-state index is 15.3. The number of aliphatic hydroxyl groups is 1. The van der Waals surface area contributed by atoms with Crippen LogP contribution in [0.4, 0.5) is 8.78 Å². The molecular formula is C40H40F2N4O. The van der Waals surface area contributed by atoms with Crippen LogP contribution in [0.5, 0.6) is 0 Å². The molecule has 5 nitrogen and oxygen atoms in total. The first-order valence-corrected chi connectivity index (χ1v) is 15.9. The molecule has 6 aromatic rings. The van der Waals surface area contributed by atoms with Gasteiger partial charge in [-0.25, -0.2) is 13.8 Å². The topological polar surface area (TPSA) is 55.9 Å². The van der Waals surface area contributed by atoms with E-state index in [4.69, 9.17) is 4.98 Å². The molecule has 0 aliphatic heterocycles. The highest BCUT2D eigenvalue weighted by atomic mass is 19.3. The van der Waals surface area contributed by atoms with Gasteiger partial charge in [-0.15, -0.1) is 0 Å². The van der Waals surface area contributed by atoms with E-state index >= 15 is 8.78 Å². The van der Waals surface area contributed by atoms with E-state index in [0.29, 0.717) is 12.2 Å². The Morgan fingerprint density at radius 3 is 1.62 bits per heavy atom. The monoisotopic (exact) mass is 630 g/mol. The van der Waals surface area contributed by atoms with Crippen LogP contribution in [-0.4, -0.2) is 30.9 Å². The number of alkyl halides is 2. The van der Waals surface area contributed by atoms with E-state index < -0.39 is 24.0 Å². The third-order valence-corrected chi connectivity index (χ3v) is 8.77. The lowest BCUT2D eigenvalue weighted by Crippen LogP contribution is -2.42. The molecule has 4 aromatic carbocycles. The minimum Gasteiger partial charge on any atom is -0.379 e. The molecule has 0 radical (unpaired) electrons. The van der Waals surface area contributed by atoms with Crippen LogP contribution in [0.25, 0.3) is 11.3 Å². The van der Waals surface area contributed by atoms with Crippen molar-refractivity contribution in [2.75, 3.05) is 0 Å². The molecule has 47 heavy (non-hydrogen) atoms. The maximum absolute atomic E-state index is 15.3. The van der Waals surface area contributed by atoms with Crippen LogP contribution in [0.15, 0.2) is 134 Å². The summed E-state index contributed by atoms with van der Waals surface area (Å²) in [4.78, 5) is 5.06. The fourth-order valence-electron chi connectivity index (χ4n) is 6.60. The molecule has 0 saturated carbocycles. The van der Waals surface area contributed by atoms with Crippen molar-refractivity contribution in [3.8, 4) is 11.3 Å². The van der Waals surface area contributed by atoms with Crippen molar-refractivity contribution >= 4 is 0 Å². The SMILES string of the molecule is Cn1nccc1-c1ccc(C(O)(Cc2nc(CC(C)(C)C)cn2C(c2ccccc2)(c2ccccc2)c2ccccc2)C(F)F)cc1. The summed E-state index contributed by atoms with van der Waals surface area (Å²) >= 11 is 0. The zero-order chi connectivity index (χ0) is 33.2. The van der Waals surface area contributed by atoms with E-state index in [1.54, 1.807) is 35.1 Å². The van der Waals surface area contributed by atoms with E-state index in [1.165, 1.54) is 0 Å². The minimum absolute atomic E-state index is 0.119. The quantitative estimate of drug-likeness (QED) is 0.155. The minimum atomic E-state index is -3.08. The van der Waals surface area contributed by atoms with Crippen LogP contribution in [0.2, 0.25) is 0 Å². The molecule has 0 fully saturated rings. The molecule has 0 aliphatic rings. The van der Waals surface area contributed by atoms with Gasteiger partial charge in [0, 0.05) is 25.9 Å². The van der Waals surface area contributed by atoms with E-state index in [9.17, 15) is 5.11 Å². The summed E-state index contributed by atoms with van der Waals surface area (Å²) in [5.74, 6) is 0.360. The summed E-state index contributed by atoms with van der Waals surface area (Å²) in [5.41, 5.74) is 1.77. The van der Waals surface area contributed by atoms with Crippen LogP contribution in [0.1, 0.15) is 54.5 Å². The van der Waals surface area contributed by atoms with Gasteiger partial charge in [-0.2, -0.15) is 5.10 Å². The number of imidazole rings is 1. The summed E-state index contributed by atoms with van der Waals surface area (Å²) in [5, 5.41) is 16.2. The first-order chi connectivity index (χ1) is 22.5. The lowest BCUT2D eigenvalue weighted by Gasteiger charge is -2.39. The predicted molar refractivity (Wildman–Crippen MR) is 182 cm³/mol. The Hall–Kier alpha value is -4.88. The van der Waals surface area contributed by atoms with Gasteiger partial charge in [0.15, 0.2) is 5.60 Å². The fraction of sp³-hybridized carbons (Fsp3) is 0.250. The average Bonchev–Trinajstić information content (AvgIpc) is 3.67. The molecule has 0 saturated heterocycles. The maximum Gasteiger partial charge on any atom is 0.271 e. The largest absolute Gasteiger partial charge is 0.379 e. The lowest BCUT2D eigenvalue weighted by molar-refractivity contribution is -0.103. The number of nitrogens with zero attached hydrogens (tertiary/aromatic N) is 4. The van der Waals surface area contributed by atoms with Crippen molar-refractivity contribution in [2.45, 2.75) is 51.2 Å². The molecular weight excluding hydrogens is 590 g/mol. The molecule has 240 valence electrons. The van der Waals surface area contributed by atoms with E-state index in [-0.39, 0.29) is 11.0 Å². The number of aryl methyl sites for hydroxylation is 1. The zero-order valence-electron chi connectivity index (χ0n) is 27.2. The van der Waals surface area contributed by atoms with Gasteiger partial charge >= 0.3 is 0 Å². The standard InChI is InChI=1S/C40H40F2N4O/c1-38(2,3)26-34-28-46(40(31-14-8-5-9-15-31,32-16-10-6-11-17-32)33-18-12-7-13-19-33)36(44-34)27-39(47,37(41)42)30-22-20-29(21-23-30)35-24-25-43-45(35)4/h5-25,28,37,47H,26-27H2,1-4H3. The molecule has 1 unspecified atom stereocenters. The Morgan fingerprint density at radius 1 is 0.681 bits per heavy atom. The molecule has 7 heteroatoms. The second-order valence-corrected chi connectivity index (χ2v) is 13.4. The number of halogens is 2. The molecule has 1 atom stereocenters. The van der Waals surface area contributed by atoms with E-state index in [1.807, 2.05) is 78.5 Å². The highest BCUT2D eigenvalue weighted by Gasteiger charge is 2.45. The summed E-state index contributed by atoms with van der Waals surface area (Å²) < 4.78 is 34.3. The molecule has 0 bridgehead atoms. The average molecular weight is 631 g/mol. The molecule has 0 amide bonds. The number of hydrogen-bond acceptors (Lipinski definition) is 3. The van der Waals surface area contributed by atoms with Gasteiger partial charge < -0.3 is 9.67 Å². The van der Waals surface area contributed by atoms with Gasteiger partial charge in [0.2, 0.25) is 0 Å². The van der Waals surface area contributed by atoms with Gasteiger partial charge in [-0.3, -0.25) is 4.68 Å². The summed E-state index contributed by atoms with van der Waals surface area (Å²) in [6.07, 6.45) is 0.806. The summed E-state index contributed by atoms with van der Waals surface area (Å²) in [7, 11) is 1.83. The van der Waals surface area contributed by atoms with Crippen molar-refractivity contribution in [3.63, 3.8) is 0 Å². The van der Waals surface area contributed by atoms with Crippen molar-refractivity contribution < 1.29 is 13.9 Å². The highest BCUT2D eigenvalue weighted by Crippen LogP contribution is 2.44. The molecule has 2 heterocycles. The highest BCUT2D eigenvalue weighted by molar-refractivity contribution is 5.60. The number of hydrogen-bond donors (Lipinski definition) is 1. The molecule has 0 aliphatic carbocycles. The predicted octanol–water partition coefficient (Wildman–Crippen LogP) is 8.41. The van der Waals surface area contributed by atoms with E-state index in [2.05, 4.69) is 62.3 Å². The van der Waals surface area contributed by atoms with Crippen LogP contribution in [-0.2, 0) is 31.0 Å². The smallest absolute Gasteiger partial charge is 0.271 e. The van der Waals surface area contributed by atoms with Crippen molar-refractivity contribution in [1.82, 2.24) is 19.3 Å². The number of rotatable bonds is 10. The molecule has 1 N–H and O–H groups in total. The van der Waals surface area contributed by atoms with Gasteiger partial charge in [0.25, 0.3) is 6.43 Å². The fourth-order valence-corrected chi connectivity index (χ4v) is 6.60. The second-order valence-electron chi connectivity index (χ2n) is 13.4. The first-order valence-electron chi connectivity index (χ1n) is 15.9. The van der Waals surface area contributed by atoms with Gasteiger partial charge in [-0.1, -0.05) is 136 Å². The Labute approximate surface area is 275 Å². The zero-order valence-corrected chi connectivity index (χ0v) is 27.2. The van der Waals surface area contributed by atoms with Gasteiger partial charge in [0.05, 0.1) is 11.4 Å². The third-order valence-electron chi connectivity index (χ3n) is 8.77. The first kappa shape index (κ1) is 32.1. The van der Waals surface area contributed by atoms with Crippen LogP contribution >= 0.6 is 0 Å². The van der Waals surface area contributed by atoms with Crippen LogP contribution in [0, 0.1) is 5.41 Å². The van der Waals surface area contributed by atoms with Crippen LogP contribution in [0.3, 0.4) is 0 Å². The molecule has 2 aromatic heterocycles. The summed E-state index contributed by atoms with van der Waals surface area (Å²) in [6.45, 7) is 6.39. The third kappa shape index (κ3) is 6.15. The number of benzene rings is 4. The lowest BCUT2D eigenvalue weighted by atomic mass is 9.76. The Balaban J connectivity index is 1.59. The summed E-state index contributed by atoms with van der Waals surface area (Å²) in [6, 6.07) is 38.7. The van der Waals surface area contributed by atoms with Crippen molar-refractivity contribution in [2.24, 2.45) is 12.5 Å². The van der Waals surface area contributed by atoms with Crippen molar-refractivity contribution in [3.05, 3.63) is 167 Å². The van der Waals surface area contributed by atoms with Crippen LogP contribution < -0.4 is 0 Å². The van der Waals surface area contributed by atoms with Crippen molar-refractivity contribution in [1.29, 1.82) is 0 Å². The van der Waals surface area contributed by atoms with E-state index in [0.717, 1.165) is 33.6 Å². The normalized spacial score (nSPS) is 13.5. The van der Waals surface area contributed by atoms with Gasteiger partial charge in [0.1, 0.15) is 11.4 Å². The number of aromatic nitrogens is 4. The van der Waals surface area contributed by atoms with Gasteiger partial charge in [-0.05, 0) is 45.7 Å². The Kier molecular flexibility index (Phi) is 8.68.